The molecule has 0 rings (SSSR count). The molecule has 1 heteroatoms. The Kier molecular flexibility index (Phi) is 6.61. The van der Waals surface area contributed by atoms with Crippen LogP contribution in [0.4, 0.5) is 0 Å². The van der Waals surface area contributed by atoms with Gasteiger partial charge >= 0.3 is 0 Å². The summed E-state index contributed by atoms with van der Waals surface area (Å²) in [6.07, 6.45) is 6.84. The molecular formula is C9H19N. The minimum atomic E-state index is 0.597. The summed E-state index contributed by atoms with van der Waals surface area (Å²) < 4.78 is 0. The van der Waals surface area contributed by atoms with Gasteiger partial charge in [-0.1, -0.05) is 32.4 Å². The molecule has 0 aromatic rings. The van der Waals surface area contributed by atoms with E-state index in [0.717, 1.165) is 6.54 Å². The van der Waals surface area contributed by atoms with E-state index in [0.29, 0.717) is 6.04 Å². The van der Waals surface area contributed by atoms with Gasteiger partial charge in [-0.05, 0) is 19.9 Å². The lowest BCUT2D eigenvalue weighted by Crippen LogP contribution is -2.26. The average Bonchev–Trinajstić information content (AvgIpc) is 1.90. The predicted molar refractivity (Wildman–Crippen MR) is 47.2 cm³/mol. The van der Waals surface area contributed by atoms with Crippen molar-refractivity contribution in [3.05, 3.63) is 12.2 Å². The van der Waals surface area contributed by atoms with Crippen molar-refractivity contribution in [3.63, 3.8) is 0 Å². The van der Waals surface area contributed by atoms with Crippen LogP contribution in [0.25, 0.3) is 0 Å². The lowest BCUT2D eigenvalue weighted by atomic mass is 10.1. The normalized spacial score (nSPS) is 14.3. The maximum Gasteiger partial charge on any atom is 0.0249 e. The van der Waals surface area contributed by atoms with Crippen molar-refractivity contribution in [1.82, 2.24) is 5.32 Å². The Labute approximate surface area is 64.5 Å². The van der Waals surface area contributed by atoms with Crippen LogP contribution >= 0.6 is 0 Å². The quantitative estimate of drug-likeness (QED) is 0.579. The minimum Gasteiger partial charge on any atom is -0.311 e. The summed E-state index contributed by atoms with van der Waals surface area (Å²) in [4.78, 5) is 0. The van der Waals surface area contributed by atoms with Gasteiger partial charge in [0.05, 0.1) is 0 Å². The Morgan fingerprint density at radius 3 is 2.50 bits per heavy atom. The second-order valence-electron chi connectivity index (χ2n) is 2.48. The highest BCUT2D eigenvalue weighted by molar-refractivity contribution is 4.90. The number of hydrogen-bond acceptors (Lipinski definition) is 1. The molecule has 0 amide bonds. The SMILES string of the molecule is CC=CC(CCC)NCC. The van der Waals surface area contributed by atoms with Gasteiger partial charge < -0.3 is 5.32 Å². The maximum absolute atomic E-state index is 3.40. The molecule has 0 aliphatic carbocycles. The largest absolute Gasteiger partial charge is 0.311 e. The van der Waals surface area contributed by atoms with Crippen molar-refractivity contribution < 1.29 is 0 Å². The lowest BCUT2D eigenvalue weighted by Gasteiger charge is -2.11. The van der Waals surface area contributed by atoms with E-state index in [2.05, 4.69) is 38.2 Å². The van der Waals surface area contributed by atoms with Crippen LogP contribution in [0.1, 0.15) is 33.6 Å². The fraction of sp³-hybridized carbons (Fsp3) is 0.778. The van der Waals surface area contributed by atoms with Crippen LogP contribution in [0.15, 0.2) is 12.2 Å². The topological polar surface area (TPSA) is 12.0 Å². The van der Waals surface area contributed by atoms with E-state index >= 15 is 0 Å². The summed E-state index contributed by atoms with van der Waals surface area (Å²) in [5.41, 5.74) is 0. The Bertz CT molecular complexity index is 80.7. The standard InChI is InChI=1S/C9H19N/c1-4-7-9(8-5-2)10-6-3/h4,7,9-10H,5-6,8H2,1-3H3. The van der Waals surface area contributed by atoms with Crippen LogP contribution < -0.4 is 5.32 Å². The van der Waals surface area contributed by atoms with Gasteiger partial charge in [-0.3, -0.25) is 0 Å². The molecule has 1 N–H and O–H groups in total. The van der Waals surface area contributed by atoms with E-state index < -0.39 is 0 Å². The summed E-state index contributed by atoms with van der Waals surface area (Å²) in [6, 6.07) is 0.597. The van der Waals surface area contributed by atoms with Crippen LogP contribution in [0.2, 0.25) is 0 Å². The third-order valence-electron chi connectivity index (χ3n) is 1.49. The van der Waals surface area contributed by atoms with Crippen molar-refractivity contribution in [2.45, 2.75) is 39.7 Å². The number of allylic oxidation sites excluding steroid dienone is 1. The van der Waals surface area contributed by atoms with E-state index in [1.807, 2.05) is 0 Å². The van der Waals surface area contributed by atoms with Gasteiger partial charge in [0, 0.05) is 6.04 Å². The zero-order valence-corrected chi connectivity index (χ0v) is 7.35. The zero-order valence-electron chi connectivity index (χ0n) is 7.35. The van der Waals surface area contributed by atoms with Crippen LogP contribution in [0, 0.1) is 0 Å². The van der Waals surface area contributed by atoms with Gasteiger partial charge in [0.15, 0.2) is 0 Å². The third kappa shape index (κ3) is 4.57. The molecule has 0 aliphatic heterocycles. The molecule has 0 spiro atoms. The number of likely N-dealkylation sites (N-methyl/N-ethyl adjacent to an activating group) is 1. The molecule has 0 saturated heterocycles. The highest BCUT2D eigenvalue weighted by Crippen LogP contribution is 1.97. The molecule has 0 aliphatic rings. The Morgan fingerprint density at radius 2 is 2.10 bits per heavy atom. The average molecular weight is 141 g/mol. The fourth-order valence-electron chi connectivity index (χ4n) is 1.07. The van der Waals surface area contributed by atoms with Crippen molar-refractivity contribution in [2.75, 3.05) is 6.54 Å². The second-order valence-corrected chi connectivity index (χ2v) is 2.48. The summed E-state index contributed by atoms with van der Waals surface area (Å²) >= 11 is 0. The van der Waals surface area contributed by atoms with Gasteiger partial charge in [0.25, 0.3) is 0 Å². The maximum atomic E-state index is 3.40. The van der Waals surface area contributed by atoms with E-state index in [1.54, 1.807) is 0 Å². The van der Waals surface area contributed by atoms with Gasteiger partial charge in [-0.2, -0.15) is 0 Å². The summed E-state index contributed by atoms with van der Waals surface area (Å²) in [6.45, 7) is 7.50. The van der Waals surface area contributed by atoms with Gasteiger partial charge in [-0.15, -0.1) is 0 Å². The molecule has 0 bridgehead atoms. The molecule has 1 nitrogen and oxygen atoms in total. The molecule has 0 heterocycles. The summed E-state index contributed by atoms with van der Waals surface area (Å²) in [5.74, 6) is 0. The van der Waals surface area contributed by atoms with Crippen molar-refractivity contribution in [1.29, 1.82) is 0 Å². The number of hydrogen-bond donors (Lipinski definition) is 1. The van der Waals surface area contributed by atoms with Crippen LogP contribution in [-0.2, 0) is 0 Å². The van der Waals surface area contributed by atoms with Crippen molar-refractivity contribution >= 4 is 0 Å². The molecule has 0 aromatic carbocycles. The lowest BCUT2D eigenvalue weighted by molar-refractivity contribution is 0.566. The molecule has 0 aromatic heterocycles. The van der Waals surface area contributed by atoms with Gasteiger partial charge in [0.2, 0.25) is 0 Å². The molecular weight excluding hydrogens is 122 g/mol. The zero-order chi connectivity index (χ0) is 7.82. The van der Waals surface area contributed by atoms with E-state index in [9.17, 15) is 0 Å². The molecule has 1 unspecified atom stereocenters. The van der Waals surface area contributed by atoms with Crippen molar-refractivity contribution in [3.8, 4) is 0 Å². The summed E-state index contributed by atoms with van der Waals surface area (Å²) in [5, 5.41) is 3.40. The minimum absolute atomic E-state index is 0.597. The van der Waals surface area contributed by atoms with E-state index in [1.165, 1.54) is 12.8 Å². The first-order valence-corrected chi connectivity index (χ1v) is 4.21. The van der Waals surface area contributed by atoms with E-state index in [4.69, 9.17) is 0 Å². The number of nitrogens with one attached hydrogen (secondary N) is 1. The van der Waals surface area contributed by atoms with Crippen LogP contribution in [0.5, 0.6) is 0 Å². The molecule has 10 heavy (non-hydrogen) atoms. The summed E-state index contributed by atoms with van der Waals surface area (Å²) in [7, 11) is 0. The monoisotopic (exact) mass is 141 g/mol. The molecule has 0 saturated carbocycles. The predicted octanol–water partition coefficient (Wildman–Crippen LogP) is 2.34. The third-order valence-corrected chi connectivity index (χ3v) is 1.49. The number of rotatable bonds is 5. The van der Waals surface area contributed by atoms with Crippen LogP contribution in [0.3, 0.4) is 0 Å². The van der Waals surface area contributed by atoms with Gasteiger partial charge in [-0.25, -0.2) is 0 Å². The van der Waals surface area contributed by atoms with E-state index in [-0.39, 0.29) is 0 Å². The first-order chi connectivity index (χ1) is 4.85. The first-order valence-electron chi connectivity index (χ1n) is 4.21. The molecule has 0 fully saturated rings. The Hall–Kier alpha value is -0.300. The Balaban J connectivity index is 3.50. The Morgan fingerprint density at radius 1 is 1.40 bits per heavy atom. The van der Waals surface area contributed by atoms with Crippen LogP contribution in [-0.4, -0.2) is 12.6 Å². The first kappa shape index (κ1) is 9.70. The molecule has 1 atom stereocenters. The fourth-order valence-corrected chi connectivity index (χ4v) is 1.07. The molecule has 60 valence electrons. The highest BCUT2D eigenvalue weighted by Gasteiger charge is 1.97. The van der Waals surface area contributed by atoms with Crippen molar-refractivity contribution in [2.24, 2.45) is 0 Å². The smallest absolute Gasteiger partial charge is 0.0249 e. The highest BCUT2D eigenvalue weighted by atomic mass is 14.9. The molecule has 0 radical (unpaired) electrons. The second kappa shape index (κ2) is 6.81. The van der Waals surface area contributed by atoms with Gasteiger partial charge in [0.1, 0.15) is 0 Å².